The van der Waals surface area contributed by atoms with Crippen molar-refractivity contribution in [2.75, 3.05) is 6.54 Å². The van der Waals surface area contributed by atoms with E-state index in [9.17, 15) is 4.79 Å². The Bertz CT molecular complexity index is 545. The lowest BCUT2D eigenvalue weighted by Gasteiger charge is -2.06. The minimum Gasteiger partial charge on any atom is -0.478 e. The standard InChI is InChI=1S/C13H14N4O2/c18-13(19)11-7-16-9-17-12(11)8-15-6-3-10-1-4-14-5-2-10/h1-2,4-5,7,9,15H,3,6,8H2,(H,18,19). The summed E-state index contributed by atoms with van der Waals surface area (Å²) in [7, 11) is 0. The van der Waals surface area contributed by atoms with Gasteiger partial charge in [0.15, 0.2) is 0 Å². The van der Waals surface area contributed by atoms with Gasteiger partial charge in [-0.05, 0) is 30.7 Å². The van der Waals surface area contributed by atoms with Crippen molar-refractivity contribution in [1.29, 1.82) is 0 Å². The Morgan fingerprint density at radius 3 is 2.79 bits per heavy atom. The topological polar surface area (TPSA) is 88.0 Å². The number of nitrogens with zero attached hydrogens (tertiary/aromatic N) is 3. The van der Waals surface area contributed by atoms with Gasteiger partial charge in [0.1, 0.15) is 11.9 Å². The van der Waals surface area contributed by atoms with Crippen LogP contribution in [0.3, 0.4) is 0 Å². The maximum atomic E-state index is 11.0. The second-order valence-electron chi connectivity index (χ2n) is 3.97. The van der Waals surface area contributed by atoms with Gasteiger partial charge in [0.25, 0.3) is 0 Å². The summed E-state index contributed by atoms with van der Waals surface area (Å²) in [6.45, 7) is 1.16. The molecule has 0 atom stereocenters. The average molecular weight is 258 g/mol. The van der Waals surface area contributed by atoms with Crippen LogP contribution >= 0.6 is 0 Å². The third kappa shape index (κ3) is 3.82. The van der Waals surface area contributed by atoms with Gasteiger partial charge in [-0.3, -0.25) is 4.98 Å². The summed E-state index contributed by atoms with van der Waals surface area (Å²) in [5.74, 6) is -1.01. The van der Waals surface area contributed by atoms with Crippen molar-refractivity contribution < 1.29 is 9.90 Å². The fourth-order valence-corrected chi connectivity index (χ4v) is 1.66. The zero-order valence-electron chi connectivity index (χ0n) is 10.3. The van der Waals surface area contributed by atoms with Crippen LogP contribution in [-0.4, -0.2) is 32.6 Å². The zero-order chi connectivity index (χ0) is 13.5. The molecule has 2 heterocycles. The highest BCUT2D eigenvalue weighted by Gasteiger charge is 2.10. The van der Waals surface area contributed by atoms with E-state index in [0.717, 1.165) is 13.0 Å². The van der Waals surface area contributed by atoms with Crippen LogP contribution in [0.5, 0.6) is 0 Å². The molecule has 0 spiro atoms. The summed E-state index contributed by atoms with van der Waals surface area (Å²) in [4.78, 5) is 22.6. The van der Waals surface area contributed by atoms with Crippen molar-refractivity contribution in [3.63, 3.8) is 0 Å². The summed E-state index contributed by atoms with van der Waals surface area (Å²) in [5.41, 5.74) is 1.82. The van der Waals surface area contributed by atoms with Gasteiger partial charge in [0.05, 0.1) is 5.69 Å². The first-order valence-corrected chi connectivity index (χ1v) is 5.89. The van der Waals surface area contributed by atoms with E-state index >= 15 is 0 Å². The molecule has 2 N–H and O–H groups in total. The molecule has 2 aromatic rings. The Hall–Kier alpha value is -2.34. The maximum Gasteiger partial charge on any atom is 0.339 e. The molecular formula is C13H14N4O2. The number of carboxylic acid groups (broad SMARTS) is 1. The molecule has 0 aliphatic carbocycles. The molecule has 0 radical (unpaired) electrons. The number of carboxylic acids is 1. The van der Waals surface area contributed by atoms with Crippen LogP contribution in [0, 0.1) is 0 Å². The number of pyridine rings is 1. The van der Waals surface area contributed by atoms with Crippen molar-refractivity contribution in [2.24, 2.45) is 0 Å². The normalized spacial score (nSPS) is 10.3. The van der Waals surface area contributed by atoms with E-state index in [-0.39, 0.29) is 5.56 Å². The molecule has 0 aliphatic heterocycles. The van der Waals surface area contributed by atoms with Crippen LogP contribution in [0.15, 0.2) is 37.1 Å². The van der Waals surface area contributed by atoms with E-state index in [1.54, 1.807) is 12.4 Å². The number of aromatic nitrogens is 3. The van der Waals surface area contributed by atoms with Gasteiger partial charge < -0.3 is 10.4 Å². The molecular weight excluding hydrogens is 244 g/mol. The molecule has 0 bridgehead atoms. The monoisotopic (exact) mass is 258 g/mol. The molecule has 2 aromatic heterocycles. The third-order valence-corrected chi connectivity index (χ3v) is 2.66. The highest BCUT2D eigenvalue weighted by atomic mass is 16.4. The Kier molecular flexibility index (Phi) is 4.52. The number of carbonyl (C=O) groups is 1. The van der Waals surface area contributed by atoms with E-state index in [0.29, 0.717) is 12.2 Å². The molecule has 6 heteroatoms. The zero-order valence-corrected chi connectivity index (χ0v) is 10.3. The van der Waals surface area contributed by atoms with Gasteiger partial charge in [-0.25, -0.2) is 14.8 Å². The first-order chi connectivity index (χ1) is 9.27. The Labute approximate surface area is 110 Å². The fourth-order valence-electron chi connectivity index (χ4n) is 1.66. The van der Waals surface area contributed by atoms with E-state index in [4.69, 9.17) is 5.11 Å². The highest BCUT2D eigenvalue weighted by molar-refractivity contribution is 5.88. The predicted octanol–water partition coefficient (Wildman–Crippen LogP) is 0.902. The number of hydrogen-bond acceptors (Lipinski definition) is 5. The lowest BCUT2D eigenvalue weighted by atomic mass is 10.2. The Morgan fingerprint density at radius 2 is 2.05 bits per heavy atom. The van der Waals surface area contributed by atoms with Gasteiger partial charge in [-0.2, -0.15) is 0 Å². The summed E-state index contributed by atoms with van der Waals surface area (Å²) >= 11 is 0. The van der Waals surface area contributed by atoms with Crippen LogP contribution < -0.4 is 5.32 Å². The van der Waals surface area contributed by atoms with Crippen LogP contribution in [0.1, 0.15) is 21.6 Å². The van der Waals surface area contributed by atoms with Crippen LogP contribution in [0.25, 0.3) is 0 Å². The van der Waals surface area contributed by atoms with Gasteiger partial charge in [0, 0.05) is 25.1 Å². The summed E-state index contributed by atoms with van der Waals surface area (Å²) in [6.07, 6.45) is 7.03. The summed E-state index contributed by atoms with van der Waals surface area (Å²) < 4.78 is 0. The lowest BCUT2D eigenvalue weighted by molar-refractivity contribution is 0.0694. The molecule has 0 aliphatic rings. The fraction of sp³-hybridized carbons (Fsp3) is 0.231. The van der Waals surface area contributed by atoms with Gasteiger partial charge in [-0.15, -0.1) is 0 Å². The van der Waals surface area contributed by atoms with Crippen molar-refractivity contribution in [3.8, 4) is 0 Å². The molecule has 0 fully saturated rings. The molecule has 0 saturated heterocycles. The van der Waals surface area contributed by atoms with Crippen LogP contribution in [0.4, 0.5) is 0 Å². The maximum absolute atomic E-state index is 11.0. The van der Waals surface area contributed by atoms with E-state index in [1.165, 1.54) is 18.1 Å². The molecule has 0 amide bonds. The second kappa shape index (κ2) is 6.55. The average Bonchev–Trinajstić information content (AvgIpc) is 2.45. The minimum absolute atomic E-state index is 0.138. The molecule has 98 valence electrons. The number of rotatable bonds is 6. The van der Waals surface area contributed by atoms with Gasteiger partial charge in [0.2, 0.25) is 0 Å². The smallest absolute Gasteiger partial charge is 0.339 e. The predicted molar refractivity (Wildman–Crippen MR) is 68.6 cm³/mol. The Balaban J connectivity index is 1.85. The first kappa shape index (κ1) is 13.1. The third-order valence-electron chi connectivity index (χ3n) is 2.66. The van der Waals surface area contributed by atoms with Gasteiger partial charge in [-0.1, -0.05) is 0 Å². The SMILES string of the molecule is O=C(O)c1cncnc1CNCCc1ccncc1. The van der Waals surface area contributed by atoms with E-state index in [1.807, 2.05) is 12.1 Å². The lowest BCUT2D eigenvalue weighted by Crippen LogP contribution is -2.19. The van der Waals surface area contributed by atoms with Crippen LogP contribution in [-0.2, 0) is 13.0 Å². The van der Waals surface area contributed by atoms with Crippen LogP contribution in [0.2, 0.25) is 0 Å². The molecule has 0 aromatic carbocycles. The van der Waals surface area contributed by atoms with Crippen molar-refractivity contribution in [3.05, 3.63) is 53.9 Å². The first-order valence-electron chi connectivity index (χ1n) is 5.89. The van der Waals surface area contributed by atoms with Gasteiger partial charge >= 0.3 is 5.97 Å². The molecule has 2 rings (SSSR count). The number of aromatic carboxylic acids is 1. The largest absolute Gasteiger partial charge is 0.478 e. The molecule has 0 saturated carbocycles. The number of nitrogens with one attached hydrogen (secondary N) is 1. The summed E-state index contributed by atoms with van der Waals surface area (Å²) in [5, 5.41) is 12.2. The number of hydrogen-bond donors (Lipinski definition) is 2. The van der Waals surface area contributed by atoms with Crippen molar-refractivity contribution in [1.82, 2.24) is 20.3 Å². The highest BCUT2D eigenvalue weighted by Crippen LogP contribution is 2.03. The quantitative estimate of drug-likeness (QED) is 0.748. The Morgan fingerprint density at radius 1 is 1.26 bits per heavy atom. The van der Waals surface area contributed by atoms with Crippen molar-refractivity contribution >= 4 is 5.97 Å². The van der Waals surface area contributed by atoms with E-state index < -0.39 is 5.97 Å². The van der Waals surface area contributed by atoms with Crippen molar-refractivity contribution in [2.45, 2.75) is 13.0 Å². The minimum atomic E-state index is -1.01. The molecule has 6 nitrogen and oxygen atoms in total. The summed E-state index contributed by atoms with van der Waals surface area (Å²) in [6, 6.07) is 3.91. The molecule has 0 unspecified atom stereocenters. The molecule has 19 heavy (non-hydrogen) atoms. The van der Waals surface area contributed by atoms with E-state index in [2.05, 4.69) is 20.3 Å². The second-order valence-corrected chi connectivity index (χ2v) is 3.97.